The van der Waals surface area contributed by atoms with Crippen molar-refractivity contribution in [3.8, 4) is 89.8 Å². The van der Waals surface area contributed by atoms with Crippen LogP contribution in [-0.4, -0.2) is 15.0 Å². The van der Waals surface area contributed by atoms with Crippen LogP contribution in [-0.2, 0) is 5.41 Å². The van der Waals surface area contributed by atoms with E-state index in [-0.39, 0.29) is 0 Å². The fourth-order valence-electron chi connectivity index (χ4n) is 12.5. The molecule has 77 heavy (non-hydrogen) atoms. The largest absolute Gasteiger partial charge is 0.456 e. The summed E-state index contributed by atoms with van der Waals surface area (Å²) in [7, 11) is 0. The summed E-state index contributed by atoms with van der Waals surface area (Å²) in [6, 6.07) is 80.4. The lowest BCUT2D eigenvalue weighted by Crippen LogP contribution is -2.26. The topological polar surface area (TPSA) is 51.8 Å². The van der Waals surface area contributed by atoms with E-state index in [1.165, 1.54) is 55.7 Å². The van der Waals surface area contributed by atoms with E-state index >= 15 is 0 Å². The SMILES string of the molecule is C=C/C=C\C1=C(C)c2ccccc2C12c1ccccc1-c1cc(-c3ccc(-c4ccc5oc6cccc(-c7nc(-c8cccc(-c9ccccc9)c8)nc(-c8cccc(C)c8-c8ccccc8C)n7)c6c5c4)cc3)ccc12. The number of hydrogen-bond acceptors (Lipinski definition) is 4. The first-order valence-electron chi connectivity index (χ1n) is 26.4. The fraction of sp³-hybridized carbons (Fsp3) is 0.0548. The van der Waals surface area contributed by atoms with Gasteiger partial charge in [0.1, 0.15) is 11.2 Å². The van der Waals surface area contributed by atoms with E-state index < -0.39 is 5.41 Å². The van der Waals surface area contributed by atoms with Gasteiger partial charge in [-0.2, -0.15) is 0 Å². The predicted octanol–water partition coefficient (Wildman–Crippen LogP) is 18.9. The molecule has 4 nitrogen and oxygen atoms in total. The molecule has 0 amide bonds. The van der Waals surface area contributed by atoms with Crippen molar-refractivity contribution in [2.45, 2.75) is 26.2 Å². The zero-order valence-corrected chi connectivity index (χ0v) is 43.1. The molecule has 0 fully saturated rings. The molecule has 0 aliphatic heterocycles. The first kappa shape index (κ1) is 45.8. The highest BCUT2D eigenvalue weighted by atomic mass is 16.3. The smallest absolute Gasteiger partial charge is 0.164 e. The maximum absolute atomic E-state index is 6.65. The third-order valence-corrected chi connectivity index (χ3v) is 16.1. The molecular formula is C73H51N3O. The zero-order chi connectivity index (χ0) is 51.8. The summed E-state index contributed by atoms with van der Waals surface area (Å²) in [5.74, 6) is 1.78. The number of rotatable bonds is 9. The normalized spacial score (nSPS) is 14.4. The van der Waals surface area contributed by atoms with Gasteiger partial charge in [-0.15, -0.1) is 0 Å². The van der Waals surface area contributed by atoms with Crippen molar-refractivity contribution in [1.29, 1.82) is 0 Å². The number of aryl methyl sites for hydroxylation is 2. The second-order valence-corrected chi connectivity index (χ2v) is 20.4. The lowest BCUT2D eigenvalue weighted by atomic mass is 9.69. The van der Waals surface area contributed by atoms with Crippen molar-refractivity contribution < 1.29 is 4.42 Å². The highest BCUT2D eigenvalue weighted by molar-refractivity contribution is 6.13. The Morgan fingerprint density at radius 1 is 0.390 bits per heavy atom. The molecule has 0 saturated heterocycles. The zero-order valence-electron chi connectivity index (χ0n) is 43.1. The molecule has 10 aromatic carbocycles. The third-order valence-electron chi connectivity index (χ3n) is 16.1. The van der Waals surface area contributed by atoms with Crippen LogP contribution in [0.3, 0.4) is 0 Å². The summed E-state index contributed by atoms with van der Waals surface area (Å²) in [6.45, 7) is 10.6. The fourth-order valence-corrected chi connectivity index (χ4v) is 12.5. The Hall–Kier alpha value is -9.77. The standard InChI is InChI=1S/C73H51N3O/c1-5-6-30-62-47(4)56-26-12-14-31-63(56)73(62)64-32-15-13-27-57(64)60-43-52(38-40-65(60)73)49-34-36-50(37-35-49)53-39-41-66-61(44-53)69-59(29-18-33-67(69)77-66)72-75-70(54-24-17-23-51(42-54)48-21-8-7-9-22-48)74-71(76-72)58-28-16-20-46(3)68(58)55-25-11-10-19-45(55)2/h5-44H,1H2,2-4H3/b30-6-. The Bertz CT molecular complexity index is 4440. The number of furan rings is 1. The van der Waals surface area contributed by atoms with E-state index in [2.05, 4.69) is 246 Å². The summed E-state index contributed by atoms with van der Waals surface area (Å²) in [6.07, 6.45) is 6.23. The monoisotopic (exact) mass is 985 g/mol. The van der Waals surface area contributed by atoms with Crippen LogP contribution >= 0.6 is 0 Å². The number of allylic oxidation sites excluding steroid dienone is 5. The molecule has 2 aliphatic rings. The van der Waals surface area contributed by atoms with E-state index in [1.54, 1.807) is 0 Å². The van der Waals surface area contributed by atoms with E-state index in [0.717, 1.165) is 83.1 Å². The highest BCUT2D eigenvalue weighted by Crippen LogP contribution is 2.62. The van der Waals surface area contributed by atoms with E-state index in [0.29, 0.717) is 17.5 Å². The Morgan fingerprint density at radius 2 is 0.922 bits per heavy atom. The van der Waals surface area contributed by atoms with Gasteiger partial charge in [-0.05, 0) is 151 Å². The molecule has 0 N–H and O–H groups in total. The van der Waals surface area contributed by atoms with Crippen LogP contribution in [0.1, 0.15) is 40.3 Å². The molecule has 14 rings (SSSR count). The summed E-state index contributed by atoms with van der Waals surface area (Å²) in [4.78, 5) is 16.1. The second-order valence-electron chi connectivity index (χ2n) is 20.4. The number of nitrogens with zero attached hydrogens (tertiary/aromatic N) is 3. The van der Waals surface area contributed by atoms with Crippen molar-refractivity contribution in [2.24, 2.45) is 0 Å². The lowest BCUT2D eigenvalue weighted by Gasteiger charge is -2.31. The molecule has 1 atom stereocenters. The van der Waals surface area contributed by atoms with Crippen molar-refractivity contribution >= 4 is 27.5 Å². The number of hydrogen-bond donors (Lipinski definition) is 0. The van der Waals surface area contributed by atoms with E-state index in [9.17, 15) is 0 Å². The van der Waals surface area contributed by atoms with Gasteiger partial charge in [0, 0.05) is 27.5 Å². The van der Waals surface area contributed by atoms with Crippen LogP contribution in [0.25, 0.3) is 117 Å². The molecular weight excluding hydrogens is 935 g/mol. The van der Waals surface area contributed by atoms with E-state index in [1.807, 2.05) is 24.3 Å². The minimum atomic E-state index is -0.404. The molecule has 4 heteroatoms. The average Bonchev–Trinajstić information content (AvgIpc) is 4.20. The molecule has 2 heterocycles. The average molecular weight is 986 g/mol. The van der Waals surface area contributed by atoms with Crippen molar-refractivity contribution in [3.05, 3.63) is 288 Å². The van der Waals surface area contributed by atoms with Gasteiger partial charge in [0.05, 0.1) is 5.41 Å². The van der Waals surface area contributed by atoms with Gasteiger partial charge in [-0.1, -0.05) is 219 Å². The third kappa shape index (κ3) is 7.32. The first-order valence-corrected chi connectivity index (χ1v) is 26.4. The Labute approximate surface area is 448 Å². The molecule has 364 valence electrons. The molecule has 12 aromatic rings. The summed E-state index contributed by atoms with van der Waals surface area (Å²) in [5.41, 5.74) is 25.7. The molecule has 0 saturated carbocycles. The van der Waals surface area contributed by atoms with Crippen LogP contribution in [0.15, 0.2) is 259 Å². The lowest BCUT2D eigenvalue weighted by molar-refractivity contribution is 0.669. The second kappa shape index (κ2) is 18.3. The number of benzene rings is 10. The highest BCUT2D eigenvalue weighted by Gasteiger charge is 2.51. The number of fused-ring (bicyclic) bond motifs is 10. The van der Waals surface area contributed by atoms with E-state index in [4.69, 9.17) is 19.4 Å². The molecule has 1 unspecified atom stereocenters. The Morgan fingerprint density at radius 3 is 1.70 bits per heavy atom. The van der Waals surface area contributed by atoms with Crippen LogP contribution in [0.2, 0.25) is 0 Å². The van der Waals surface area contributed by atoms with Gasteiger partial charge >= 0.3 is 0 Å². The predicted molar refractivity (Wildman–Crippen MR) is 318 cm³/mol. The van der Waals surface area contributed by atoms with Gasteiger partial charge in [-0.3, -0.25) is 0 Å². The summed E-state index contributed by atoms with van der Waals surface area (Å²) < 4.78 is 6.65. The van der Waals surface area contributed by atoms with Gasteiger partial charge in [0.25, 0.3) is 0 Å². The minimum absolute atomic E-state index is 0.404. The maximum atomic E-state index is 6.65. The molecule has 2 aliphatic carbocycles. The summed E-state index contributed by atoms with van der Waals surface area (Å²) in [5, 5.41) is 1.95. The van der Waals surface area contributed by atoms with Crippen molar-refractivity contribution in [1.82, 2.24) is 15.0 Å². The molecule has 0 bridgehead atoms. The molecule has 1 spiro atoms. The van der Waals surface area contributed by atoms with Crippen molar-refractivity contribution in [2.75, 3.05) is 0 Å². The Balaban J connectivity index is 0.873. The van der Waals surface area contributed by atoms with Crippen molar-refractivity contribution in [3.63, 3.8) is 0 Å². The van der Waals surface area contributed by atoms with Crippen LogP contribution in [0.5, 0.6) is 0 Å². The summed E-state index contributed by atoms with van der Waals surface area (Å²) >= 11 is 0. The van der Waals surface area contributed by atoms with Crippen LogP contribution in [0.4, 0.5) is 0 Å². The van der Waals surface area contributed by atoms with Gasteiger partial charge in [-0.25, -0.2) is 15.0 Å². The number of aromatic nitrogens is 3. The Kier molecular flexibility index (Phi) is 10.9. The van der Waals surface area contributed by atoms with Gasteiger partial charge < -0.3 is 4.42 Å². The van der Waals surface area contributed by atoms with Gasteiger partial charge in [0.15, 0.2) is 17.5 Å². The van der Waals surface area contributed by atoms with Crippen LogP contribution < -0.4 is 0 Å². The van der Waals surface area contributed by atoms with Crippen LogP contribution in [0, 0.1) is 13.8 Å². The maximum Gasteiger partial charge on any atom is 0.164 e. The van der Waals surface area contributed by atoms with Gasteiger partial charge in [0.2, 0.25) is 0 Å². The first-order chi connectivity index (χ1) is 37.9. The minimum Gasteiger partial charge on any atom is -0.456 e. The quantitative estimate of drug-likeness (QED) is 0.135. The molecule has 2 aromatic heterocycles. The molecule has 0 radical (unpaired) electrons.